The highest BCUT2D eigenvalue weighted by Gasteiger charge is 2.10. The van der Waals surface area contributed by atoms with E-state index in [0.717, 1.165) is 6.07 Å². The number of H-pyrrole nitrogens is 1. The summed E-state index contributed by atoms with van der Waals surface area (Å²) in [6.07, 6.45) is 0. The van der Waals surface area contributed by atoms with E-state index in [4.69, 9.17) is 5.26 Å². The van der Waals surface area contributed by atoms with Crippen LogP contribution in [0.15, 0.2) is 24.3 Å². The van der Waals surface area contributed by atoms with Gasteiger partial charge in [-0.25, -0.2) is 8.78 Å². The number of aromatic amines is 1. The number of nitrogens with zero attached hydrogens (tertiary/aromatic N) is 1. The maximum absolute atomic E-state index is 13.4. The zero-order chi connectivity index (χ0) is 11.7. The lowest BCUT2D eigenvalue weighted by molar-refractivity contribution is 0.585. The van der Waals surface area contributed by atoms with Crippen molar-refractivity contribution in [1.82, 2.24) is 4.98 Å². The fourth-order valence-corrected chi connectivity index (χ4v) is 1.53. The first-order chi connectivity index (χ1) is 7.61. The van der Waals surface area contributed by atoms with Gasteiger partial charge in [-0.05, 0) is 25.1 Å². The van der Waals surface area contributed by atoms with Crippen LogP contribution >= 0.6 is 0 Å². The quantitative estimate of drug-likeness (QED) is 0.784. The molecule has 0 bridgehead atoms. The lowest BCUT2D eigenvalue weighted by Crippen LogP contribution is -1.86. The van der Waals surface area contributed by atoms with Crippen molar-refractivity contribution in [2.75, 3.05) is 0 Å². The Morgan fingerprint density at radius 1 is 1.25 bits per heavy atom. The summed E-state index contributed by atoms with van der Waals surface area (Å²) in [6, 6.07) is 6.88. The summed E-state index contributed by atoms with van der Waals surface area (Å²) in [4.78, 5) is 2.89. The van der Waals surface area contributed by atoms with E-state index >= 15 is 0 Å². The van der Waals surface area contributed by atoms with E-state index in [0.29, 0.717) is 17.0 Å². The van der Waals surface area contributed by atoms with Crippen molar-refractivity contribution in [3.8, 4) is 17.3 Å². The molecule has 4 heteroatoms. The van der Waals surface area contributed by atoms with Crippen LogP contribution in [0.5, 0.6) is 0 Å². The van der Waals surface area contributed by atoms with Gasteiger partial charge in [0, 0.05) is 23.0 Å². The smallest absolute Gasteiger partial charge is 0.135 e. The van der Waals surface area contributed by atoms with Crippen LogP contribution in [0.2, 0.25) is 0 Å². The van der Waals surface area contributed by atoms with Crippen LogP contribution in [-0.2, 0) is 0 Å². The highest BCUT2D eigenvalue weighted by Crippen LogP contribution is 2.24. The molecular weight excluding hydrogens is 210 g/mol. The molecule has 2 nitrogen and oxygen atoms in total. The molecule has 0 amide bonds. The summed E-state index contributed by atoms with van der Waals surface area (Å²) in [5.41, 5.74) is 1.86. The van der Waals surface area contributed by atoms with Gasteiger partial charge in [0.2, 0.25) is 0 Å². The maximum atomic E-state index is 13.4. The van der Waals surface area contributed by atoms with Crippen molar-refractivity contribution in [3.05, 3.63) is 47.2 Å². The molecule has 0 aliphatic carbocycles. The van der Waals surface area contributed by atoms with Gasteiger partial charge in [-0.1, -0.05) is 0 Å². The first-order valence-corrected chi connectivity index (χ1v) is 4.67. The average Bonchev–Trinajstić information content (AvgIpc) is 2.59. The van der Waals surface area contributed by atoms with Crippen molar-refractivity contribution < 1.29 is 8.78 Å². The molecule has 0 radical (unpaired) electrons. The lowest BCUT2D eigenvalue weighted by Gasteiger charge is -1.99. The Morgan fingerprint density at radius 2 is 2.00 bits per heavy atom. The molecular formula is C12H8F2N2. The van der Waals surface area contributed by atoms with Crippen LogP contribution in [-0.4, -0.2) is 4.98 Å². The molecule has 0 saturated carbocycles. The fraction of sp³-hybridized carbons (Fsp3) is 0.0833. The van der Waals surface area contributed by atoms with Gasteiger partial charge < -0.3 is 4.98 Å². The third-order valence-corrected chi connectivity index (χ3v) is 2.36. The molecule has 0 spiro atoms. The van der Waals surface area contributed by atoms with Gasteiger partial charge in [0.15, 0.2) is 0 Å². The van der Waals surface area contributed by atoms with Crippen LogP contribution < -0.4 is 0 Å². The van der Waals surface area contributed by atoms with Gasteiger partial charge in [0.05, 0.1) is 5.56 Å². The predicted molar refractivity (Wildman–Crippen MR) is 55.6 cm³/mol. The second-order valence-corrected chi connectivity index (χ2v) is 3.46. The molecule has 80 valence electrons. The highest BCUT2D eigenvalue weighted by molar-refractivity contribution is 5.63. The summed E-state index contributed by atoms with van der Waals surface area (Å²) >= 11 is 0. The van der Waals surface area contributed by atoms with Gasteiger partial charge in [0.1, 0.15) is 17.7 Å². The van der Waals surface area contributed by atoms with E-state index in [2.05, 4.69) is 4.98 Å². The van der Waals surface area contributed by atoms with Gasteiger partial charge in [-0.3, -0.25) is 0 Å². The van der Waals surface area contributed by atoms with Crippen molar-refractivity contribution in [2.45, 2.75) is 6.92 Å². The minimum absolute atomic E-state index is 0.256. The number of nitriles is 1. The van der Waals surface area contributed by atoms with E-state index in [1.807, 2.05) is 6.07 Å². The molecule has 0 aliphatic heterocycles. The van der Waals surface area contributed by atoms with Crippen LogP contribution in [0.3, 0.4) is 0 Å². The summed E-state index contributed by atoms with van der Waals surface area (Å²) in [6.45, 7) is 1.73. The number of nitrogens with one attached hydrogen (secondary N) is 1. The second-order valence-electron chi connectivity index (χ2n) is 3.46. The minimum atomic E-state index is -0.647. The van der Waals surface area contributed by atoms with Gasteiger partial charge in [-0.2, -0.15) is 5.26 Å². The molecule has 2 rings (SSSR count). The average molecular weight is 218 g/mol. The highest BCUT2D eigenvalue weighted by atomic mass is 19.1. The summed E-state index contributed by atoms with van der Waals surface area (Å²) in [5, 5.41) is 8.77. The number of rotatable bonds is 1. The standard InChI is InChI=1S/C12H8F2N2/c1-7-8(6-15)4-12(16-7)10-3-2-9(13)5-11(10)14/h2-5,16H,1H3. The molecule has 0 saturated heterocycles. The Morgan fingerprint density at radius 3 is 2.56 bits per heavy atom. The topological polar surface area (TPSA) is 39.6 Å². The SMILES string of the molecule is Cc1[nH]c(-c2ccc(F)cc2F)cc1C#N. The largest absolute Gasteiger partial charge is 0.357 e. The van der Waals surface area contributed by atoms with E-state index in [9.17, 15) is 8.78 Å². The molecule has 0 fully saturated rings. The Balaban J connectivity index is 2.55. The Labute approximate surface area is 91.2 Å². The summed E-state index contributed by atoms with van der Waals surface area (Å²) < 4.78 is 26.1. The summed E-state index contributed by atoms with van der Waals surface area (Å²) in [7, 11) is 0. The first-order valence-electron chi connectivity index (χ1n) is 4.67. The van der Waals surface area contributed by atoms with Gasteiger partial charge in [0.25, 0.3) is 0 Å². The molecule has 0 unspecified atom stereocenters. The number of halogens is 2. The Bertz CT molecular complexity index is 579. The third kappa shape index (κ3) is 1.68. The van der Waals surface area contributed by atoms with Gasteiger partial charge in [-0.15, -0.1) is 0 Å². The Kier molecular flexibility index (Phi) is 2.45. The predicted octanol–water partition coefficient (Wildman–Crippen LogP) is 3.14. The number of aromatic nitrogens is 1. The van der Waals surface area contributed by atoms with E-state index in [1.165, 1.54) is 12.1 Å². The van der Waals surface area contributed by atoms with Crippen LogP contribution in [0.4, 0.5) is 8.78 Å². The third-order valence-electron chi connectivity index (χ3n) is 2.36. The van der Waals surface area contributed by atoms with Crippen LogP contribution in [0.1, 0.15) is 11.3 Å². The molecule has 1 heterocycles. The molecule has 0 aliphatic rings. The van der Waals surface area contributed by atoms with Crippen molar-refractivity contribution >= 4 is 0 Å². The lowest BCUT2D eigenvalue weighted by atomic mass is 10.1. The number of aryl methyl sites for hydroxylation is 1. The van der Waals surface area contributed by atoms with Crippen molar-refractivity contribution in [2.24, 2.45) is 0 Å². The van der Waals surface area contributed by atoms with Gasteiger partial charge >= 0.3 is 0 Å². The number of hydrogen-bond acceptors (Lipinski definition) is 1. The second kappa shape index (κ2) is 3.78. The Hall–Kier alpha value is -2.15. The molecule has 0 atom stereocenters. The maximum Gasteiger partial charge on any atom is 0.135 e. The zero-order valence-corrected chi connectivity index (χ0v) is 8.51. The van der Waals surface area contributed by atoms with E-state index < -0.39 is 11.6 Å². The number of hydrogen-bond donors (Lipinski definition) is 1. The fourth-order valence-electron chi connectivity index (χ4n) is 1.53. The normalized spacial score (nSPS) is 10.1. The minimum Gasteiger partial charge on any atom is -0.357 e. The molecule has 2 aromatic rings. The van der Waals surface area contributed by atoms with Crippen LogP contribution in [0, 0.1) is 29.9 Å². The monoisotopic (exact) mass is 218 g/mol. The molecule has 16 heavy (non-hydrogen) atoms. The van der Waals surface area contributed by atoms with E-state index in [-0.39, 0.29) is 5.56 Å². The van der Waals surface area contributed by atoms with Crippen molar-refractivity contribution in [3.63, 3.8) is 0 Å². The molecule has 1 aromatic carbocycles. The van der Waals surface area contributed by atoms with Crippen LogP contribution in [0.25, 0.3) is 11.3 Å². The number of benzene rings is 1. The first kappa shape index (κ1) is 10.4. The zero-order valence-electron chi connectivity index (χ0n) is 8.51. The summed E-state index contributed by atoms with van der Waals surface area (Å²) in [5.74, 6) is -1.27. The van der Waals surface area contributed by atoms with E-state index in [1.54, 1.807) is 13.0 Å². The van der Waals surface area contributed by atoms with Crippen molar-refractivity contribution in [1.29, 1.82) is 5.26 Å². The molecule has 1 N–H and O–H groups in total. The molecule has 1 aromatic heterocycles.